The second kappa shape index (κ2) is 10.7. The molecule has 1 aromatic rings. The zero-order valence-electron chi connectivity index (χ0n) is 13.9. The average Bonchev–Trinajstić information content (AvgIpc) is 3.07. The van der Waals surface area contributed by atoms with Gasteiger partial charge in [-0.2, -0.15) is 0 Å². The van der Waals surface area contributed by atoms with Gasteiger partial charge in [0.25, 0.3) is 5.91 Å². The first-order chi connectivity index (χ1) is 10.8. The molecule has 0 spiro atoms. The Bertz CT molecular complexity index is 557. The minimum Gasteiger partial charge on any atom is -0.348 e. The van der Waals surface area contributed by atoms with Gasteiger partial charge in [0.2, 0.25) is 0 Å². The summed E-state index contributed by atoms with van der Waals surface area (Å²) in [5, 5.41) is 6.32. The predicted molar refractivity (Wildman–Crippen MR) is 103 cm³/mol. The summed E-state index contributed by atoms with van der Waals surface area (Å²) in [5.74, 6) is 0.0303. The van der Waals surface area contributed by atoms with Crippen molar-refractivity contribution in [2.24, 2.45) is 0 Å². The van der Waals surface area contributed by atoms with Crippen LogP contribution in [0.15, 0.2) is 35.9 Å². The molecule has 0 aliphatic carbocycles. The molecule has 0 atom stereocenters. The molecule has 6 heteroatoms. The molecule has 24 heavy (non-hydrogen) atoms. The molecule has 2 heterocycles. The summed E-state index contributed by atoms with van der Waals surface area (Å²) >= 11 is 0. The normalized spacial score (nSPS) is 17.4. The van der Waals surface area contributed by atoms with Crippen LogP contribution in [0.1, 0.15) is 35.2 Å². The van der Waals surface area contributed by atoms with Gasteiger partial charge >= 0.3 is 0 Å². The second-order valence-electron chi connectivity index (χ2n) is 6.18. The van der Waals surface area contributed by atoms with E-state index in [1.165, 1.54) is 37.1 Å². The van der Waals surface area contributed by atoms with Gasteiger partial charge in [-0.05, 0) is 56.6 Å². The standard InChI is InChI=1S/C18H25N3O.2ClH/c22-18(20-13-15-6-8-19-9-7-15)17-5-3-4-16(12-17)14-21-10-1-2-11-21;;/h3-6,12,19H,1-2,7-11,13-14H2,(H,20,22);2*1H. The summed E-state index contributed by atoms with van der Waals surface area (Å²) in [5.41, 5.74) is 3.32. The summed E-state index contributed by atoms with van der Waals surface area (Å²) in [6, 6.07) is 8.04. The van der Waals surface area contributed by atoms with Crippen LogP contribution < -0.4 is 10.6 Å². The molecule has 134 valence electrons. The Hall–Kier alpha value is -1.07. The van der Waals surface area contributed by atoms with Crippen molar-refractivity contribution >= 4 is 30.7 Å². The minimum absolute atomic E-state index is 0. The van der Waals surface area contributed by atoms with E-state index in [2.05, 4.69) is 27.7 Å². The average molecular weight is 372 g/mol. The second-order valence-corrected chi connectivity index (χ2v) is 6.18. The van der Waals surface area contributed by atoms with Crippen LogP contribution in [0.4, 0.5) is 0 Å². The summed E-state index contributed by atoms with van der Waals surface area (Å²) in [6.45, 7) is 5.90. The van der Waals surface area contributed by atoms with Crippen LogP contribution in [-0.4, -0.2) is 43.5 Å². The highest BCUT2D eigenvalue weighted by atomic mass is 35.5. The highest BCUT2D eigenvalue weighted by Crippen LogP contribution is 2.14. The number of hydrogen-bond acceptors (Lipinski definition) is 3. The summed E-state index contributed by atoms with van der Waals surface area (Å²) in [7, 11) is 0. The maximum Gasteiger partial charge on any atom is 0.251 e. The van der Waals surface area contributed by atoms with Gasteiger partial charge in [-0.1, -0.05) is 23.8 Å². The van der Waals surface area contributed by atoms with Crippen molar-refractivity contribution < 1.29 is 4.79 Å². The number of nitrogens with zero attached hydrogens (tertiary/aromatic N) is 1. The van der Waals surface area contributed by atoms with E-state index in [1.54, 1.807) is 0 Å². The molecule has 1 saturated heterocycles. The van der Waals surface area contributed by atoms with Crippen molar-refractivity contribution in [3.63, 3.8) is 0 Å². The van der Waals surface area contributed by atoms with Crippen molar-refractivity contribution in [2.75, 3.05) is 32.7 Å². The number of amides is 1. The number of carbonyl (C=O) groups is 1. The Morgan fingerprint density at radius 1 is 1.21 bits per heavy atom. The monoisotopic (exact) mass is 371 g/mol. The van der Waals surface area contributed by atoms with E-state index in [4.69, 9.17) is 0 Å². The Balaban J connectivity index is 0.00000144. The SMILES string of the molecule is Cl.Cl.O=C(NCC1=CCNCC1)c1cccc(CN2CCCC2)c1. The van der Waals surface area contributed by atoms with Gasteiger partial charge in [0.1, 0.15) is 0 Å². The van der Waals surface area contributed by atoms with Gasteiger partial charge < -0.3 is 10.6 Å². The first-order valence-electron chi connectivity index (χ1n) is 8.29. The Morgan fingerprint density at radius 2 is 2.00 bits per heavy atom. The van der Waals surface area contributed by atoms with Gasteiger partial charge in [-0.25, -0.2) is 0 Å². The molecular weight excluding hydrogens is 345 g/mol. The lowest BCUT2D eigenvalue weighted by molar-refractivity contribution is 0.0956. The first-order valence-corrected chi connectivity index (χ1v) is 8.29. The van der Waals surface area contributed by atoms with Crippen molar-refractivity contribution in [3.05, 3.63) is 47.0 Å². The van der Waals surface area contributed by atoms with Crippen LogP contribution in [0, 0.1) is 0 Å². The number of halogens is 2. The van der Waals surface area contributed by atoms with Crippen LogP contribution in [-0.2, 0) is 6.54 Å². The van der Waals surface area contributed by atoms with Gasteiger partial charge in [0.05, 0.1) is 0 Å². The maximum absolute atomic E-state index is 12.3. The Morgan fingerprint density at radius 3 is 2.71 bits per heavy atom. The van der Waals surface area contributed by atoms with Gasteiger partial charge in [-0.15, -0.1) is 24.8 Å². The molecule has 1 fully saturated rings. The number of rotatable bonds is 5. The van der Waals surface area contributed by atoms with Crippen molar-refractivity contribution in [1.82, 2.24) is 15.5 Å². The molecule has 2 N–H and O–H groups in total. The molecule has 3 rings (SSSR count). The number of nitrogens with one attached hydrogen (secondary N) is 2. The zero-order chi connectivity index (χ0) is 15.2. The molecule has 0 unspecified atom stereocenters. The van der Waals surface area contributed by atoms with E-state index in [-0.39, 0.29) is 30.7 Å². The molecule has 1 aromatic carbocycles. The third-order valence-corrected chi connectivity index (χ3v) is 4.43. The fourth-order valence-electron chi connectivity index (χ4n) is 3.14. The molecule has 0 radical (unpaired) electrons. The highest BCUT2D eigenvalue weighted by molar-refractivity contribution is 5.94. The molecule has 2 aliphatic heterocycles. The third-order valence-electron chi connectivity index (χ3n) is 4.43. The smallest absolute Gasteiger partial charge is 0.251 e. The topological polar surface area (TPSA) is 44.4 Å². The number of benzene rings is 1. The van der Waals surface area contributed by atoms with E-state index >= 15 is 0 Å². The van der Waals surface area contributed by atoms with Crippen molar-refractivity contribution in [2.45, 2.75) is 25.8 Å². The number of likely N-dealkylation sites (tertiary alicyclic amines) is 1. The Kier molecular flexibility index (Phi) is 9.37. The van der Waals surface area contributed by atoms with Crippen molar-refractivity contribution in [3.8, 4) is 0 Å². The van der Waals surface area contributed by atoms with E-state index in [0.29, 0.717) is 6.54 Å². The van der Waals surface area contributed by atoms with Gasteiger partial charge in [0.15, 0.2) is 0 Å². The van der Waals surface area contributed by atoms with Crippen LogP contribution in [0.3, 0.4) is 0 Å². The van der Waals surface area contributed by atoms with Crippen molar-refractivity contribution in [1.29, 1.82) is 0 Å². The fraction of sp³-hybridized carbons (Fsp3) is 0.500. The minimum atomic E-state index is 0. The van der Waals surface area contributed by atoms with Crippen LogP contribution in [0.25, 0.3) is 0 Å². The number of carbonyl (C=O) groups excluding carboxylic acids is 1. The molecule has 0 aromatic heterocycles. The zero-order valence-corrected chi connectivity index (χ0v) is 15.6. The fourth-order valence-corrected chi connectivity index (χ4v) is 3.14. The van der Waals surface area contributed by atoms with Crippen LogP contribution in [0.2, 0.25) is 0 Å². The molecule has 4 nitrogen and oxygen atoms in total. The maximum atomic E-state index is 12.3. The van der Waals surface area contributed by atoms with Gasteiger partial charge in [-0.3, -0.25) is 9.69 Å². The van der Waals surface area contributed by atoms with E-state index in [9.17, 15) is 4.79 Å². The molecule has 1 amide bonds. The first kappa shape index (κ1) is 21.0. The lowest BCUT2D eigenvalue weighted by atomic mass is 10.1. The summed E-state index contributed by atoms with van der Waals surface area (Å²) in [4.78, 5) is 14.8. The molecular formula is C18H27Cl2N3O. The largest absolute Gasteiger partial charge is 0.348 e. The van der Waals surface area contributed by atoms with Gasteiger partial charge in [0, 0.05) is 25.2 Å². The number of hydrogen-bond donors (Lipinski definition) is 2. The lowest BCUT2D eigenvalue weighted by Gasteiger charge is -2.16. The van der Waals surface area contributed by atoms with E-state index in [1.807, 2.05) is 18.2 Å². The Labute approximate surface area is 156 Å². The molecule has 2 aliphatic rings. The van der Waals surface area contributed by atoms with Crippen LogP contribution >= 0.6 is 24.8 Å². The van der Waals surface area contributed by atoms with Crippen LogP contribution in [0.5, 0.6) is 0 Å². The quantitative estimate of drug-likeness (QED) is 0.782. The van der Waals surface area contributed by atoms with E-state index < -0.39 is 0 Å². The predicted octanol–water partition coefficient (Wildman–Crippen LogP) is 2.78. The van der Waals surface area contributed by atoms with E-state index in [0.717, 1.165) is 31.6 Å². The summed E-state index contributed by atoms with van der Waals surface area (Å²) in [6.07, 6.45) is 5.79. The molecule has 0 bridgehead atoms. The molecule has 0 saturated carbocycles. The lowest BCUT2D eigenvalue weighted by Crippen LogP contribution is -2.29. The highest BCUT2D eigenvalue weighted by Gasteiger charge is 2.13. The third kappa shape index (κ3) is 6.10. The summed E-state index contributed by atoms with van der Waals surface area (Å²) < 4.78 is 0.